The average Bonchev–Trinajstić information content (AvgIpc) is 2.89. The molecule has 2 aromatic carbocycles. The first-order valence-electron chi connectivity index (χ1n) is 7.04. The fourth-order valence-electron chi connectivity index (χ4n) is 2.48. The Bertz CT molecular complexity index is 644. The Morgan fingerprint density at radius 3 is 2.90 bits per heavy atom. The van der Waals surface area contributed by atoms with Gasteiger partial charge in [-0.15, -0.1) is 11.8 Å². The highest BCUT2D eigenvalue weighted by atomic mass is 35.5. The van der Waals surface area contributed by atoms with Crippen molar-refractivity contribution < 1.29 is 4.74 Å². The zero-order valence-corrected chi connectivity index (χ0v) is 13.5. The lowest BCUT2D eigenvalue weighted by atomic mass is 10.0. The van der Waals surface area contributed by atoms with Gasteiger partial charge < -0.3 is 10.5 Å². The number of rotatable bonds is 4. The normalized spacial score (nSPS) is 18.3. The number of hydrogen-bond acceptors (Lipinski definition) is 3. The van der Waals surface area contributed by atoms with Crippen molar-refractivity contribution in [2.45, 2.75) is 23.8 Å². The van der Waals surface area contributed by atoms with Gasteiger partial charge in [-0.1, -0.05) is 35.9 Å². The van der Waals surface area contributed by atoms with E-state index in [-0.39, 0.29) is 6.04 Å². The van der Waals surface area contributed by atoms with E-state index in [4.69, 9.17) is 22.1 Å². The van der Waals surface area contributed by atoms with Crippen molar-refractivity contribution in [3.8, 4) is 5.75 Å². The van der Waals surface area contributed by atoms with E-state index in [9.17, 15) is 0 Å². The minimum absolute atomic E-state index is 0.0188. The minimum atomic E-state index is -0.0188. The van der Waals surface area contributed by atoms with Crippen LogP contribution in [0.2, 0.25) is 5.02 Å². The Morgan fingerprint density at radius 1 is 1.33 bits per heavy atom. The van der Waals surface area contributed by atoms with E-state index in [2.05, 4.69) is 24.3 Å². The molecule has 2 atom stereocenters. The first kappa shape index (κ1) is 14.8. The molecule has 1 unspecified atom stereocenters. The van der Waals surface area contributed by atoms with Crippen LogP contribution in [0.1, 0.15) is 30.0 Å². The van der Waals surface area contributed by atoms with E-state index in [1.165, 1.54) is 10.5 Å². The van der Waals surface area contributed by atoms with Gasteiger partial charge in [0, 0.05) is 22.6 Å². The van der Waals surface area contributed by atoms with Crippen LogP contribution in [0.5, 0.6) is 5.75 Å². The van der Waals surface area contributed by atoms with Crippen molar-refractivity contribution in [2.75, 3.05) is 12.4 Å². The van der Waals surface area contributed by atoms with E-state index in [0.717, 1.165) is 17.1 Å². The predicted molar refractivity (Wildman–Crippen MR) is 89.5 cm³/mol. The SMILES string of the molecule is C[C@H](N)c1ccc(OCC2CSc3ccccc32)c(Cl)c1. The Labute approximate surface area is 134 Å². The molecule has 2 nitrogen and oxygen atoms in total. The molecule has 0 amide bonds. The summed E-state index contributed by atoms with van der Waals surface area (Å²) in [6.07, 6.45) is 0. The van der Waals surface area contributed by atoms with Crippen molar-refractivity contribution in [1.82, 2.24) is 0 Å². The van der Waals surface area contributed by atoms with Gasteiger partial charge in [0.25, 0.3) is 0 Å². The lowest BCUT2D eigenvalue weighted by Gasteiger charge is -2.15. The highest BCUT2D eigenvalue weighted by molar-refractivity contribution is 7.99. The van der Waals surface area contributed by atoms with Crippen LogP contribution >= 0.6 is 23.4 Å². The van der Waals surface area contributed by atoms with E-state index in [0.29, 0.717) is 17.5 Å². The summed E-state index contributed by atoms with van der Waals surface area (Å²) in [4.78, 5) is 1.37. The van der Waals surface area contributed by atoms with Gasteiger partial charge >= 0.3 is 0 Å². The molecule has 4 heteroatoms. The van der Waals surface area contributed by atoms with Crippen LogP contribution in [0.3, 0.4) is 0 Å². The molecule has 3 rings (SSSR count). The number of nitrogens with two attached hydrogens (primary N) is 1. The Balaban J connectivity index is 1.69. The summed E-state index contributed by atoms with van der Waals surface area (Å²) in [5.41, 5.74) is 8.26. The number of ether oxygens (including phenoxy) is 1. The molecular formula is C17H18ClNOS. The van der Waals surface area contributed by atoms with Crippen LogP contribution in [0.25, 0.3) is 0 Å². The van der Waals surface area contributed by atoms with Gasteiger partial charge in [-0.3, -0.25) is 0 Å². The zero-order chi connectivity index (χ0) is 14.8. The highest BCUT2D eigenvalue weighted by Crippen LogP contribution is 2.39. The van der Waals surface area contributed by atoms with Gasteiger partial charge in [0.1, 0.15) is 5.75 Å². The maximum Gasteiger partial charge on any atom is 0.137 e. The molecule has 0 spiro atoms. The van der Waals surface area contributed by atoms with Crippen LogP contribution < -0.4 is 10.5 Å². The van der Waals surface area contributed by atoms with Crippen molar-refractivity contribution in [2.24, 2.45) is 5.73 Å². The van der Waals surface area contributed by atoms with Crippen LogP contribution in [-0.2, 0) is 0 Å². The van der Waals surface area contributed by atoms with E-state index in [1.54, 1.807) is 0 Å². The Kier molecular flexibility index (Phi) is 4.43. The molecule has 1 aliphatic heterocycles. The lowest BCUT2D eigenvalue weighted by molar-refractivity contribution is 0.298. The third-order valence-electron chi connectivity index (χ3n) is 3.72. The lowest BCUT2D eigenvalue weighted by Crippen LogP contribution is -2.10. The summed E-state index contributed by atoms with van der Waals surface area (Å²) < 4.78 is 5.93. The van der Waals surface area contributed by atoms with Gasteiger partial charge in [-0.05, 0) is 36.2 Å². The Morgan fingerprint density at radius 2 is 2.14 bits per heavy atom. The number of thioether (sulfide) groups is 1. The summed E-state index contributed by atoms with van der Waals surface area (Å²) in [6, 6.07) is 14.3. The average molecular weight is 320 g/mol. The molecule has 2 N–H and O–H groups in total. The first-order valence-corrected chi connectivity index (χ1v) is 8.41. The molecule has 1 heterocycles. The Hall–Kier alpha value is -1.16. The van der Waals surface area contributed by atoms with Crippen molar-refractivity contribution in [3.63, 3.8) is 0 Å². The van der Waals surface area contributed by atoms with Gasteiger partial charge in [0.15, 0.2) is 0 Å². The highest BCUT2D eigenvalue weighted by Gasteiger charge is 2.23. The number of fused-ring (bicyclic) bond motifs is 1. The molecule has 0 radical (unpaired) electrons. The smallest absolute Gasteiger partial charge is 0.137 e. The maximum atomic E-state index is 6.27. The molecule has 21 heavy (non-hydrogen) atoms. The number of halogens is 1. The van der Waals surface area contributed by atoms with Gasteiger partial charge in [-0.2, -0.15) is 0 Å². The quantitative estimate of drug-likeness (QED) is 0.892. The third kappa shape index (κ3) is 3.20. The maximum absolute atomic E-state index is 6.27. The van der Waals surface area contributed by atoms with Crippen LogP contribution in [0.15, 0.2) is 47.4 Å². The van der Waals surface area contributed by atoms with Crippen LogP contribution in [0, 0.1) is 0 Å². The van der Waals surface area contributed by atoms with Crippen LogP contribution in [-0.4, -0.2) is 12.4 Å². The predicted octanol–water partition coefficient (Wildman–Crippen LogP) is 4.63. The number of benzene rings is 2. The second kappa shape index (κ2) is 6.30. The van der Waals surface area contributed by atoms with Crippen molar-refractivity contribution in [1.29, 1.82) is 0 Å². The first-order chi connectivity index (χ1) is 10.1. The van der Waals surface area contributed by atoms with Gasteiger partial charge in [-0.25, -0.2) is 0 Å². The standard InChI is InChI=1S/C17H18ClNOS/c1-11(19)12-6-7-16(15(18)8-12)20-9-13-10-21-17-5-3-2-4-14(13)17/h2-8,11,13H,9-10,19H2,1H3/t11-,13?/m0/s1. The molecule has 0 bridgehead atoms. The summed E-state index contributed by atoms with van der Waals surface area (Å²) in [6.45, 7) is 2.60. The molecule has 1 aliphatic rings. The summed E-state index contributed by atoms with van der Waals surface area (Å²) in [5.74, 6) is 2.22. The molecular weight excluding hydrogens is 302 g/mol. The molecule has 0 fully saturated rings. The molecule has 0 aliphatic carbocycles. The van der Waals surface area contributed by atoms with E-state index in [1.807, 2.05) is 36.9 Å². The zero-order valence-electron chi connectivity index (χ0n) is 11.9. The van der Waals surface area contributed by atoms with E-state index < -0.39 is 0 Å². The molecule has 2 aromatic rings. The topological polar surface area (TPSA) is 35.2 Å². The summed E-state index contributed by atoms with van der Waals surface area (Å²) in [5, 5.41) is 0.628. The number of hydrogen-bond donors (Lipinski definition) is 1. The summed E-state index contributed by atoms with van der Waals surface area (Å²) in [7, 11) is 0. The van der Waals surface area contributed by atoms with Crippen molar-refractivity contribution in [3.05, 3.63) is 58.6 Å². The van der Waals surface area contributed by atoms with Crippen molar-refractivity contribution >= 4 is 23.4 Å². The second-order valence-corrected chi connectivity index (χ2v) is 6.80. The third-order valence-corrected chi connectivity index (χ3v) is 5.27. The van der Waals surface area contributed by atoms with E-state index >= 15 is 0 Å². The second-order valence-electron chi connectivity index (χ2n) is 5.34. The fourth-order valence-corrected chi connectivity index (χ4v) is 3.95. The monoisotopic (exact) mass is 319 g/mol. The van der Waals surface area contributed by atoms with Gasteiger partial charge in [0.2, 0.25) is 0 Å². The molecule has 0 aromatic heterocycles. The fraction of sp³-hybridized carbons (Fsp3) is 0.294. The van der Waals surface area contributed by atoms with Crippen LogP contribution in [0.4, 0.5) is 0 Å². The largest absolute Gasteiger partial charge is 0.491 e. The van der Waals surface area contributed by atoms with Gasteiger partial charge in [0.05, 0.1) is 11.6 Å². The molecule has 0 saturated heterocycles. The summed E-state index contributed by atoms with van der Waals surface area (Å²) >= 11 is 8.17. The molecule has 110 valence electrons. The molecule has 0 saturated carbocycles. The minimum Gasteiger partial charge on any atom is -0.491 e.